The molecule has 1 heterocycles. The molecule has 0 atom stereocenters. The molecule has 2 rings (SSSR count). The smallest absolute Gasteiger partial charge is 0.303 e. The molecule has 102 valence electrons. The number of aromatic nitrogens is 1. The molecule has 0 amide bonds. The minimum atomic E-state index is -0.724. The summed E-state index contributed by atoms with van der Waals surface area (Å²) in [6.07, 6.45) is 3.08. The van der Waals surface area contributed by atoms with Gasteiger partial charge in [0.1, 0.15) is 0 Å². The maximum Gasteiger partial charge on any atom is 0.303 e. The number of nitrogens with zero attached hydrogens (tertiary/aromatic N) is 2. The normalized spacial score (nSPS) is 11.3. The molecule has 1 N–H and O–H groups in total. The van der Waals surface area contributed by atoms with E-state index in [-0.39, 0.29) is 6.42 Å². The molecule has 0 unspecified atom stereocenters. The van der Waals surface area contributed by atoms with Gasteiger partial charge in [0.05, 0.1) is 0 Å². The Balaban J connectivity index is 2.03. The van der Waals surface area contributed by atoms with Crippen molar-refractivity contribution in [3.05, 3.63) is 36.0 Å². The highest BCUT2D eigenvalue weighted by atomic mass is 16.4. The zero-order valence-electron chi connectivity index (χ0n) is 11.5. The maximum absolute atomic E-state index is 10.5. The van der Waals surface area contributed by atoms with Gasteiger partial charge in [0, 0.05) is 37.1 Å². The number of para-hydroxylation sites is 1. The van der Waals surface area contributed by atoms with Crippen molar-refractivity contribution in [2.75, 3.05) is 13.6 Å². The van der Waals surface area contributed by atoms with Crippen molar-refractivity contribution in [3.8, 4) is 0 Å². The minimum absolute atomic E-state index is 0.236. The van der Waals surface area contributed by atoms with Gasteiger partial charge in [-0.15, -0.1) is 0 Å². The zero-order valence-corrected chi connectivity index (χ0v) is 11.5. The Morgan fingerprint density at radius 1 is 1.37 bits per heavy atom. The van der Waals surface area contributed by atoms with Gasteiger partial charge in [-0.05, 0) is 31.6 Å². The van der Waals surface area contributed by atoms with Crippen LogP contribution in [0.1, 0.15) is 18.4 Å². The average Bonchev–Trinajstić information content (AvgIpc) is 2.66. The van der Waals surface area contributed by atoms with Crippen LogP contribution in [-0.4, -0.2) is 34.1 Å². The van der Waals surface area contributed by atoms with Crippen LogP contribution in [0.25, 0.3) is 10.9 Å². The molecule has 1 aromatic heterocycles. The second kappa shape index (κ2) is 5.89. The summed E-state index contributed by atoms with van der Waals surface area (Å²) in [7, 11) is 4.08. The first-order valence-corrected chi connectivity index (χ1v) is 6.51. The number of fused-ring (bicyclic) bond motifs is 1. The molecular weight excluding hydrogens is 240 g/mol. The van der Waals surface area contributed by atoms with Crippen molar-refractivity contribution in [1.29, 1.82) is 0 Å². The molecule has 1 aromatic carbocycles. The molecule has 0 bridgehead atoms. The van der Waals surface area contributed by atoms with Gasteiger partial charge in [-0.2, -0.15) is 0 Å². The topological polar surface area (TPSA) is 45.5 Å². The lowest BCUT2D eigenvalue weighted by molar-refractivity contribution is -0.137. The molecule has 4 heteroatoms. The van der Waals surface area contributed by atoms with Crippen molar-refractivity contribution < 1.29 is 9.90 Å². The van der Waals surface area contributed by atoms with Gasteiger partial charge in [-0.1, -0.05) is 18.2 Å². The van der Waals surface area contributed by atoms with Crippen LogP contribution in [0.4, 0.5) is 0 Å². The van der Waals surface area contributed by atoms with Gasteiger partial charge in [-0.25, -0.2) is 0 Å². The van der Waals surface area contributed by atoms with Crippen molar-refractivity contribution in [3.63, 3.8) is 0 Å². The monoisotopic (exact) mass is 260 g/mol. The first kappa shape index (κ1) is 13.6. The molecule has 19 heavy (non-hydrogen) atoms. The summed E-state index contributed by atoms with van der Waals surface area (Å²) in [5, 5.41) is 9.91. The van der Waals surface area contributed by atoms with Crippen molar-refractivity contribution >= 4 is 16.9 Å². The van der Waals surface area contributed by atoms with E-state index < -0.39 is 5.97 Å². The first-order chi connectivity index (χ1) is 9.08. The molecule has 0 aliphatic heterocycles. The maximum atomic E-state index is 10.5. The molecule has 0 radical (unpaired) electrons. The van der Waals surface area contributed by atoms with Gasteiger partial charge in [0.15, 0.2) is 0 Å². The van der Waals surface area contributed by atoms with Crippen molar-refractivity contribution in [2.45, 2.75) is 19.4 Å². The summed E-state index contributed by atoms with van der Waals surface area (Å²) in [5.41, 5.74) is 2.52. The number of benzene rings is 1. The largest absolute Gasteiger partial charge is 0.481 e. The Labute approximate surface area is 113 Å². The van der Waals surface area contributed by atoms with Crippen LogP contribution in [-0.2, 0) is 18.4 Å². The highest BCUT2D eigenvalue weighted by molar-refractivity contribution is 5.83. The summed E-state index contributed by atoms with van der Waals surface area (Å²) >= 11 is 0. The van der Waals surface area contributed by atoms with E-state index in [2.05, 4.69) is 40.9 Å². The molecule has 2 aromatic rings. The van der Waals surface area contributed by atoms with E-state index in [1.165, 1.54) is 16.5 Å². The van der Waals surface area contributed by atoms with Crippen LogP contribution in [0.2, 0.25) is 0 Å². The number of carboxylic acids is 1. The first-order valence-electron chi connectivity index (χ1n) is 6.51. The number of aliphatic carboxylic acids is 1. The van der Waals surface area contributed by atoms with Crippen LogP contribution in [0.3, 0.4) is 0 Å². The van der Waals surface area contributed by atoms with Crippen molar-refractivity contribution in [2.24, 2.45) is 7.05 Å². The fourth-order valence-electron chi connectivity index (χ4n) is 2.42. The Morgan fingerprint density at radius 3 is 2.84 bits per heavy atom. The van der Waals surface area contributed by atoms with Crippen LogP contribution in [0.15, 0.2) is 30.5 Å². The minimum Gasteiger partial charge on any atom is -0.481 e. The Bertz CT molecular complexity index is 575. The van der Waals surface area contributed by atoms with E-state index >= 15 is 0 Å². The van der Waals surface area contributed by atoms with Crippen LogP contribution in [0, 0.1) is 0 Å². The average molecular weight is 260 g/mol. The highest BCUT2D eigenvalue weighted by Crippen LogP contribution is 2.21. The molecule has 0 aliphatic rings. The third kappa shape index (κ3) is 3.35. The lowest BCUT2D eigenvalue weighted by atomic mass is 10.1. The second-order valence-electron chi connectivity index (χ2n) is 5.02. The van der Waals surface area contributed by atoms with E-state index in [4.69, 9.17) is 5.11 Å². The quantitative estimate of drug-likeness (QED) is 0.868. The lowest BCUT2D eigenvalue weighted by Gasteiger charge is -2.15. The van der Waals surface area contributed by atoms with Gasteiger partial charge in [0.2, 0.25) is 0 Å². The van der Waals surface area contributed by atoms with Gasteiger partial charge < -0.3 is 14.6 Å². The third-order valence-corrected chi connectivity index (χ3v) is 3.35. The number of hydrogen-bond donors (Lipinski definition) is 1. The van der Waals surface area contributed by atoms with E-state index in [1.54, 1.807) is 0 Å². The number of carboxylic acid groups (broad SMARTS) is 1. The third-order valence-electron chi connectivity index (χ3n) is 3.35. The van der Waals surface area contributed by atoms with Crippen LogP contribution < -0.4 is 0 Å². The fourth-order valence-corrected chi connectivity index (χ4v) is 2.42. The molecule has 0 saturated carbocycles. The summed E-state index contributed by atoms with van der Waals surface area (Å²) in [5.74, 6) is -0.724. The lowest BCUT2D eigenvalue weighted by Crippen LogP contribution is -2.19. The highest BCUT2D eigenvalue weighted by Gasteiger charge is 2.08. The van der Waals surface area contributed by atoms with Gasteiger partial charge in [0.25, 0.3) is 0 Å². The zero-order chi connectivity index (χ0) is 13.8. The van der Waals surface area contributed by atoms with E-state index in [1.807, 2.05) is 13.1 Å². The molecule has 0 fully saturated rings. The fraction of sp³-hybridized carbons (Fsp3) is 0.400. The Morgan fingerprint density at radius 2 is 2.11 bits per heavy atom. The number of rotatable bonds is 6. The summed E-state index contributed by atoms with van der Waals surface area (Å²) in [4.78, 5) is 12.7. The van der Waals surface area contributed by atoms with E-state index in [0.717, 1.165) is 13.1 Å². The number of aryl methyl sites for hydroxylation is 1. The van der Waals surface area contributed by atoms with Gasteiger partial charge in [-0.3, -0.25) is 4.79 Å². The van der Waals surface area contributed by atoms with E-state index in [0.29, 0.717) is 6.42 Å². The molecule has 0 aliphatic carbocycles. The summed E-state index contributed by atoms with van der Waals surface area (Å²) in [6, 6.07) is 8.35. The number of carbonyl (C=O) groups is 1. The summed E-state index contributed by atoms with van der Waals surface area (Å²) < 4.78 is 2.13. The molecule has 0 saturated heterocycles. The molecular formula is C15H20N2O2. The predicted octanol–water partition coefficient (Wildman–Crippen LogP) is 2.47. The van der Waals surface area contributed by atoms with E-state index in [9.17, 15) is 4.79 Å². The molecule has 4 nitrogen and oxygen atoms in total. The summed E-state index contributed by atoms with van der Waals surface area (Å²) in [6.45, 7) is 1.65. The standard InChI is InChI=1S/C15H20N2O2/c1-16(9-5-8-15(18)19)10-12-11-17(2)14-7-4-3-6-13(12)14/h3-4,6-7,11H,5,8-10H2,1-2H3,(H,18,19). The van der Waals surface area contributed by atoms with Crippen LogP contribution >= 0.6 is 0 Å². The number of hydrogen-bond acceptors (Lipinski definition) is 2. The van der Waals surface area contributed by atoms with Gasteiger partial charge >= 0.3 is 5.97 Å². The molecule has 0 spiro atoms. The Kier molecular flexibility index (Phi) is 4.22. The predicted molar refractivity (Wildman–Crippen MR) is 76.1 cm³/mol. The SMILES string of the molecule is CN(CCCC(=O)O)Cc1cn(C)c2ccccc12. The van der Waals surface area contributed by atoms with Crippen LogP contribution in [0.5, 0.6) is 0 Å². The Hall–Kier alpha value is -1.81. The second-order valence-corrected chi connectivity index (χ2v) is 5.02. The van der Waals surface area contributed by atoms with Crippen molar-refractivity contribution in [1.82, 2.24) is 9.47 Å².